The van der Waals surface area contributed by atoms with Crippen molar-refractivity contribution in [3.8, 4) is 0 Å². The van der Waals surface area contributed by atoms with Crippen LogP contribution < -0.4 is 0 Å². The number of hydrogen-bond acceptors (Lipinski definition) is 3. The Balaban J connectivity index is 1.72. The lowest BCUT2D eigenvalue weighted by Gasteiger charge is -2.34. The molecule has 0 radical (unpaired) electrons. The van der Waals surface area contributed by atoms with Gasteiger partial charge in [0, 0.05) is 12.5 Å². The fraction of sp³-hybridized carbons (Fsp3) is 0.706. The zero-order valence-corrected chi connectivity index (χ0v) is 12.6. The molecule has 0 spiro atoms. The highest BCUT2D eigenvalue weighted by atomic mass is 16.5. The topological polar surface area (TPSA) is 38.8 Å². The summed E-state index contributed by atoms with van der Waals surface area (Å²) in [6, 6.07) is 0.177. The normalized spacial score (nSPS) is 35.5. The summed E-state index contributed by atoms with van der Waals surface area (Å²) in [6.45, 7) is 5.57. The first-order chi connectivity index (χ1) is 10.3. The lowest BCUT2D eigenvalue weighted by atomic mass is 9.92. The summed E-state index contributed by atoms with van der Waals surface area (Å²) in [5.74, 6) is 0.440. The molecule has 4 nitrogen and oxygen atoms in total. The molecule has 0 aromatic heterocycles. The molecule has 2 bridgehead atoms. The van der Waals surface area contributed by atoms with Crippen LogP contribution in [-0.2, 0) is 14.3 Å². The van der Waals surface area contributed by atoms with Crippen LogP contribution in [0.15, 0.2) is 24.8 Å². The molecular formula is C17H25NO3. The first-order valence-corrected chi connectivity index (χ1v) is 8.11. The molecule has 2 aliphatic carbocycles. The maximum Gasteiger partial charge on any atom is 0.226 e. The van der Waals surface area contributed by atoms with E-state index >= 15 is 0 Å². The minimum Gasteiger partial charge on any atom is -0.374 e. The number of carbonyl (C=O) groups excluding carboxylic acids is 1. The van der Waals surface area contributed by atoms with Gasteiger partial charge in [-0.05, 0) is 32.1 Å². The van der Waals surface area contributed by atoms with E-state index in [0.717, 1.165) is 32.1 Å². The van der Waals surface area contributed by atoms with E-state index in [1.807, 2.05) is 4.90 Å². The SMILES string of the molecule is C=CCO[C@@H]1[C@H]2CC[C@H]1OCCN2C(=O)[C@H]1CC=CCC1. The van der Waals surface area contributed by atoms with E-state index in [1.165, 1.54) is 0 Å². The minimum atomic E-state index is 0.00795. The number of hydrogen-bond donors (Lipinski definition) is 0. The summed E-state index contributed by atoms with van der Waals surface area (Å²) in [5.41, 5.74) is 0. The lowest BCUT2D eigenvalue weighted by Crippen LogP contribution is -2.48. The van der Waals surface area contributed by atoms with Crippen LogP contribution in [0, 0.1) is 5.92 Å². The van der Waals surface area contributed by atoms with E-state index in [4.69, 9.17) is 9.47 Å². The maximum atomic E-state index is 12.9. The molecule has 3 aliphatic rings. The molecule has 116 valence electrons. The van der Waals surface area contributed by atoms with Crippen LogP contribution in [0.2, 0.25) is 0 Å². The number of allylic oxidation sites excluding steroid dienone is 2. The van der Waals surface area contributed by atoms with Crippen molar-refractivity contribution in [1.29, 1.82) is 0 Å². The van der Waals surface area contributed by atoms with Crippen LogP contribution in [0.4, 0.5) is 0 Å². The van der Waals surface area contributed by atoms with Gasteiger partial charge in [-0.15, -0.1) is 6.58 Å². The number of carbonyl (C=O) groups is 1. The zero-order valence-electron chi connectivity index (χ0n) is 12.6. The predicted molar refractivity (Wildman–Crippen MR) is 80.9 cm³/mol. The van der Waals surface area contributed by atoms with Gasteiger partial charge >= 0.3 is 0 Å². The van der Waals surface area contributed by atoms with Gasteiger partial charge in [-0.3, -0.25) is 4.79 Å². The van der Waals surface area contributed by atoms with Gasteiger partial charge in [0.05, 0.1) is 25.4 Å². The van der Waals surface area contributed by atoms with Crippen LogP contribution in [0.5, 0.6) is 0 Å². The first kappa shape index (κ1) is 14.8. The second kappa shape index (κ2) is 6.75. The van der Waals surface area contributed by atoms with Gasteiger partial charge in [0.25, 0.3) is 0 Å². The largest absolute Gasteiger partial charge is 0.374 e. The van der Waals surface area contributed by atoms with Gasteiger partial charge in [0.15, 0.2) is 0 Å². The Morgan fingerprint density at radius 2 is 2.29 bits per heavy atom. The second-order valence-electron chi connectivity index (χ2n) is 6.15. The molecule has 3 rings (SSSR count). The average molecular weight is 291 g/mol. The van der Waals surface area contributed by atoms with Crippen molar-refractivity contribution in [3.05, 3.63) is 24.8 Å². The van der Waals surface area contributed by atoms with E-state index in [9.17, 15) is 4.79 Å². The monoisotopic (exact) mass is 291 g/mol. The molecule has 4 heteroatoms. The fourth-order valence-electron chi connectivity index (χ4n) is 3.81. The fourth-order valence-corrected chi connectivity index (χ4v) is 3.81. The summed E-state index contributed by atoms with van der Waals surface area (Å²) in [4.78, 5) is 14.9. The molecule has 0 aromatic rings. The molecule has 1 amide bonds. The Bertz CT molecular complexity index is 420. The molecule has 4 atom stereocenters. The van der Waals surface area contributed by atoms with Gasteiger partial charge in [-0.1, -0.05) is 18.2 Å². The average Bonchev–Trinajstić information content (AvgIpc) is 2.81. The van der Waals surface area contributed by atoms with Gasteiger partial charge < -0.3 is 14.4 Å². The van der Waals surface area contributed by atoms with Crippen LogP contribution in [0.3, 0.4) is 0 Å². The highest BCUT2D eigenvalue weighted by molar-refractivity contribution is 5.79. The second-order valence-corrected chi connectivity index (χ2v) is 6.15. The number of fused-ring (bicyclic) bond motifs is 2. The van der Waals surface area contributed by atoms with Crippen molar-refractivity contribution < 1.29 is 14.3 Å². The van der Waals surface area contributed by atoms with Crippen molar-refractivity contribution in [2.45, 2.75) is 50.4 Å². The summed E-state index contributed by atoms with van der Waals surface area (Å²) in [7, 11) is 0. The van der Waals surface area contributed by atoms with Crippen LogP contribution in [0.25, 0.3) is 0 Å². The Morgan fingerprint density at radius 1 is 1.38 bits per heavy atom. The number of rotatable bonds is 4. The quantitative estimate of drug-likeness (QED) is 0.746. The predicted octanol–water partition coefficient (Wildman–Crippen LogP) is 2.30. The highest BCUT2D eigenvalue weighted by Gasteiger charge is 2.45. The lowest BCUT2D eigenvalue weighted by molar-refractivity contribution is -0.140. The highest BCUT2D eigenvalue weighted by Crippen LogP contribution is 2.34. The Labute approximate surface area is 126 Å². The van der Waals surface area contributed by atoms with Crippen molar-refractivity contribution in [2.24, 2.45) is 5.92 Å². The minimum absolute atomic E-state index is 0.00795. The van der Waals surface area contributed by atoms with E-state index in [1.54, 1.807) is 6.08 Å². The molecule has 1 saturated heterocycles. The van der Waals surface area contributed by atoms with Crippen molar-refractivity contribution >= 4 is 5.91 Å². The molecule has 0 N–H and O–H groups in total. The van der Waals surface area contributed by atoms with Crippen LogP contribution >= 0.6 is 0 Å². The molecule has 0 aromatic carbocycles. The maximum absolute atomic E-state index is 12.9. The molecule has 1 saturated carbocycles. The number of ether oxygens (including phenoxy) is 2. The third-order valence-electron chi connectivity index (χ3n) is 4.86. The van der Waals surface area contributed by atoms with E-state index < -0.39 is 0 Å². The van der Waals surface area contributed by atoms with Gasteiger partial charge in [0.2, 0.25) is 5.91 Å². The van der Waals surface area contributed by atoms with Gasteiger partial charge in [0.1, 0.15) is 6.10 Å². The molecule has 21 heavy (non-hydrogen) atoms. The summed E-state index contributed by atoms with van der Waals surface area (Å²) in [6.07, 6.45) is 11.1. The summed E-state index contributed by atoms with van der Waals surface area (Å²) >= 11 is 0. The zero-order chi connectivity index (χ0) is 14.7. The molecule has 1 heterocycles. The van der Waals surface area contributed by atoms with E-state index in [-0.39, 0.29) is 24.2 Å². The third-order valence-corrected chi connectivity index (χ3v) is 4.86. The molecule has 2 fully saturated rings. The van der Waals surface area contributed by atoms with Gasteiger partial charge in [-0.2, -0.15) is 0 Å². The van der Waals surface area contributed by atoms with Crippen LogP contribution in [0.1, 0.15) is 32.1 Å². The molecule has 0 unspecified atom stereocenters. The van der Waals surface area contributed by atoms with Crippen molar-refractivity contribution in [3.63, 3.8) is 0 Å². The summed E-state index contributed by atoms with van der Waals surface area (Å²) in [5, 5.41) is 0. The van der Waals surface area contributed by atoms with E-state index in [2.05, 4.69) is 18.7 Å². The first-order valence-electron chi connectivity index (χ1n) is 8.11. The summed E-state index contributed by atoms with van der Waals surface area (Å²) < 4.78 is 11.8. The van der Waals surface area contributed by atoms with Gasteiger partial charge in [-0.25, -0.2) is 0 Å². The Morgan fingerprint density at radius 3 is 3.05 bits per heavy atom. The Hall–Kier alpha value is -1.13. The molecule has 1 aliphatic heterocycles. The van der Waals surface area contributed by atoms with Crippen molar-refractivity contribution in [2.75, 3.05) is 19.8 Å². The number of nitrogens with zero attached hydrogens (tertiary/aromatic N) is 1. The standard InChI is InChI=1S/C17H25NO3/c1-2-11-21-16-14-8-9-15(16)20-12-10-18(14)17(19)13-6-4-3-5-7-13/h2-4,13-16H,1,5-12H2/t13-,14+,15+,16+/m0/s1. The smallest absolute Gasteiger partial charge is 0.226 e. The van der Waals surface area contributed by atoms with Crippen molar-refractivity contribution in [1.82, 2.24) is 4.90 Å². The Kier molecular flexibility index (Phi) is 4.76. The third kappa shape index (κ3) is 3.06. The number of amides is 1. The molecular weight excluding hydrogens is 266 g/mol. The van der Waals surface area contributed by atoms with E-state index in [0.29, 0.717) is 25.7 Å². The van der Waals surface area contributed by atoms with Crippen LogP contribution in [-0.4, -0.2) is 48.8 Å².